The Morgan fingerprint density at radius 1 is 0.914 bits per heavy atom. The molecule has 176 valence electrons. The van der Waals surface area contributed by atoms with Crippen molar-refractivity contribution in [1.82, 2.24) is 4.98 Å². The second-order valence-electron chi connectivity index (χ2n) is 8.22. The smallest absolute Gasteiger partial charge is 0.136 e. The summed E-state index contributed by atoms with van der Waals surface area (Å²) in [6, 6.07) is 20.5. The van der Waals surface area contributed by atoms with Gasteiger partial charge in [-0.15, -0.1) is 0 Å². The quantitative estimate of drug-likeness (QED) is 0.397. The first-order valence-electron chi connectivity index (χ1n) is 10.8. The molecule has 4 aromatic rings. The number of rotatable bonds is 5. The van der Waals surface area contributed by atoms with Gasteiger partial charge in [0, 0.05) is 11.1 Å². The number of hydrogen-bond acceptors (Lipinski definition) is 7. The highest BCUT2D eigenvalue weighted by atomic mass is 32.2. The Morgan fingerprint density at radius 3 is 2.31 bits per heavy atom. The monoisotopic (exact) mass is 485 g/mol. The van der Waals surface area contributed by atoms with Crippen LogP contribution in [0.2, 0.25) is 0 Å². The molecule has 0 bridgehead atoms. The summed E-state index contributed by atoms with van der Waals surface area (Å²) in [7, 11) is -3.46. The first kappa shape index (κ1) is 22.8. The number of carbonyl (C=O) groups excluding carboxylic acids is 1. The number of ether oxygens (including phenoxy) is 1. The van der Waals surface area contributed by atoms with E-state index in [9.17, 15) is 22.9 Å². The lowest BCUT2D eigenvalue weighted by molar-refractivity contribution is -0.255. The number of carboxylic acids is 1. The minimum atomic E-state index is -4.77. The molecule has 0 atom stereocenters. The van der Waals surface area contributed by atoms with Gasteiger partial charge in [-0.2, -0.15) is 0 Å². The average molecular weight is 486 g/mol. The van der Waals surface area contributed by atoms with Gasteiger partial charge in [-0.1, -0.05) is 54.6 Å². The van der Waals surface area contributed by atoms with Crippen molar-refractivity contribution in [2.75, 3.05) is 7.11 Å². The summed E-state index contributed by atoms with van der Waals surface area (Å²) in [4.78, 5) is 15.7. The van der Waals surface area contributed by atoms with Gasteiger partial charge in [-0.3, -0.25) is 0 Å². The number of benzene rings is 3. The molecule has 5 rings (SSSR count). The lowest BCUT2D eigenvalue weighted by Crippen LogP contribution is -2.21. The van der Waals surface area contributed by atoms with Crippen molar-refractivity contribution in [3.05, 3.63) is 89.5 Å². The van der Waals surface area contributed by atoms with Crippen LogP contribution in [0.5, 0.6) is 5.75 Å². The van der Waals surface area contributed by atoms with Crippen molar-refractivity contribution >= 4 is 16.1 Å². The van der Waals surface area contributed by atoms with E-state index in [4.69, 9.17) is 9.72 Å². The molecule has 35 heavy (non-hydrogen) atoms. The number of methoxy groups -OCH3 is 1. The van der Waals surface area contributed by atoms with E-state index in [-0.39, 0.29) is 11.3 Å². The molecule has 1 heterocycles. The molecule has 1 aromatic heterocycles. The minimum Gasteiger partial charge on any atom is -0.744 e. The lowest BCUT2D eigenvalue weighted by Gasteiger charge is -2.24. The van der Waals surface area contributed by atoms with Gasteiger partial charge in [0.1, 0.15) is 15.9 Å². The van der Waals surface area contributed by atoms with Crippen molar-refractivity contribution < 1.29 is 27.6 Å². The number of hydrogen-bond donors (Lipinski definition) is 0. The fourth-order valence-corrected chi connectivity index (χ4v) is 5.17. The van der Waals surface area contributed by atoms with E-state index in [0.717, 1.165) is 34.4 Å². The molecule has 0 N–H and O–H groups in total. The molecule has 1 aliphatic rings. The highest BCUT2D eigenvalue weighted by Crippen LogP contribution is 2.41. The predicted octanol–water partition coefficient (Wildman–Crippen LogP) is 3.46. The van der Waals surface area contributed by atoms with Gasteiger partial charge in [0.05, 0.1) is 29.4 Å². The summed E-state index contributed by atoms with van der Waals surface area (Å²) in [6.45, 7) is 0. The van der Waals surface area contributed by atoms with Crippen molar-refractivity contribution in [3.8, 4) is 39.4 Å². The van der Waals surface area contributed by atoms with E-state index in [1.54, 1.807) is 18.2 Å². The van der Waals surface area contributed by atoms with Crippen LogP contribution in [0, 0.1) is 0 Å². The summed E-state index contributed by atoms with van der Waals surface area (Å²) >= 11 is 0. The zero-order valence-corrected chi connectivity index (χ0v) is 19.5. The van der Waals surface area contributed by atoms with Crippen LogP contribution in [0.4, 0.5) is 0 Å². The van der Waals surface area contributed by atoms with Gasteiger partial charge in [-0.05, 0) is 58.9 Å². The Balaban J connectivity index is 1.77. The number of carboxylic acid groups (broad SMARTS) is 1. The third-order valence-electron chi connectivity index (χ3n) is 6.20. The van der Waals surface area contributed by atoms with Crippen LogP contribution in [-0.4, -0.2) is 31.0 Å². The Labute approximate surface area is 202 Å². The highest BCUT2D eigenvalue weighted by Gasteiger charge is 2.23. The number of pyridine rings is 1. The summed E-state index contributed by atoms with van der Waals surface area (Å²) in [5.74, 6) is -1.29. The Bertz CT molecular complexity index is 1580. The van der Waals surface area contributed by atoms with Gasteiger partial charge < -0.3 is 19.2 Å². The van der Waals surface area contributed by atoms with Crippen LogP contribution in [0.15, 0.2) is 77.7 Å². The van der Waals surface area contributed by atoms with Crippen molar-refractivity contribution in [3.63, 3.8) is 0 Å². The standard InChI is InChI=1S/C27H21NO6S/c1-34-24-13-11-19(14-25(24)35(31,32)33)22-15-23(17-6-8-18(9-7-17)27(29)30)28-26-20-5-3-2-4-16(20)10-12-21(22)26/h2-9,11,13-15H,10,12H2,1H3,(H,29,30)(H,31,32,33)/p-2. The van der Waals surface area contributed by atoms with Crippen LogP contribution < -0.4 is 9.84 Å². The molecule has 1 aliphatic carbocycles. The second kappa shape index (κ2) is 8.65. The third-order valence-corrected chi connectivity index (χ3v) is 7.06. The van der Waals surface area contributed by atoms with Crippen LogP contribution >= 0.6 is 0 Å². The summed E-state index contributed by atoms with van der Waals surface area (Å²) in [5.41, 5.74) is 6.47. The molecule has 0 saturated heterocycles. The summed E-state index contributed by atoms with van der Waals surface area (Å²) < 4.78 is 40.9. The Morgan fingerprint density at radius 2 is 1.63 bits per heavy atom. The van der Waals surface area contributed by atoms with Gasteiger partial charge in [0.25, 0.3) is 0 Å². The predicted molar refractivity (Wildman–Crippen MR) is 127 cm³/mol. The van der Waals surface area contributed by atoms with Gasteiger partial charge in [-0.25, -0.2) is 13.4 Å². The molecule has 0 radical (unpaired) electrons. The number of aryl methyl sites for hydroxylation is 1. The maximum Gasteiger partial charge on any atom is 0.136 e. The Hall–Kier alpha value is -4.01. The van der Waals surface area contributed by atoms with Crippen LogP contribution in [0.3, 0.4) is 0 Å². The van der Waals surface area contributed by atoms with E-state index in [0.29, 0.717) is 23.2 Å². The zero-order chi connectivity index (χ0) is 24.7. The number of aromatic carboxylic acids is 1. The number of nitrogens with zero attached hydrogens (tertiary/aromatic N) is 1. The largest absolute Gasteiger partial charge is 0.744 e. The molecule has 0 aliphatic heterocycles. The molecule has 0 spiro atoms. The average Bonchev–Trinajstić information content (AvgIpc) is 2.87. The molecule has 0 unspecified atom stereocenters. The molecule has 7 nitrogen and oxygen atoms in total. The lowest BCUT2D eigenvalue weighted by atomic mass is 9.84. The SMILES string of the molecule is COc1ccc(-c2cc(-c3ccc(C(=O)[O-])cc3)nc3c2CCc2ccccc2-3)cc1S(=O)(=O)[O-]. The van der Waals surface area contributed by atoms with E-state index < -0.39 is 21.0 Å². The van der Waals surface area contributed by atoms with E-state index in [2.05, 4.69) is 6.07 Å². The molecule has 0 amide bonds. The third kappa shape index (κ3) is 4.18. The van der Waals surface area contributed by atoms with Crippen LogP contribution in [-0.2, 0) is 23.0 Å². The van der Waals surface area contributed by atoms with E-state index in [1.165, 1.54) is 31.4 Å². The van der Waals surface area contributed by atoms with Gasteiger partial charge in [0.2, 0.25) is 0 Å². The summed E-state index contributed by atoms with van der Waals surface area (Å²) in [6.07, 6.45) is 1.48. The fourth-order valence-electron chi connectivity index (χ4n) is 4.50. The van der Waals surface area contributed by atoms with Crippen LogP contribution in [0.25, 0.3) is 33.6 Å². The van der Waals surface area contributed by atoms with Crippen molar-refractivity contribution in [2.45, 2.75) is 17.7 Å². The molecule has 8 heteroatoms. The maximum atomic E-state index is 11.9. The van der Waals surface area contributed by atoms with E-state index in [1.807, 2.05) is 24.3 Å². The summed E-state index contributed by atoms with van der Waals surface area (Å²) in [5, 5.41) is 11.2. The molecule has 0 saturated carbocycles. The number of fused-ring (bicyclic) bond motifs is 3. The van der Waals surface area contributed by atoms with Crippen molar-refractivity contribution in [1.29, 1.82) is 0 Å². The van der Waals surface area contributed by atoms with Gasteiger partial charge in [0.15, 0.2) is 0 Å². The first-order chi connectivity index (χ1) is 16.8. The number of aromatic nitrogens is 1. The highest BCUT2D eigenvalue weighted by molar-refractivity contribution is 7.85. The minimum absolute atomic E-state index is 0.0184. The number of carbonyl (C=O) groups is 1. The van der Waals surface area contributed by atoms with Crippen LogP contribution in [0.1, 0.15) is 21.5 Å². The molecular weight excluding hydrogens is 466 g/mol. The zero-order valence-electron chi connectivity index (χ0n) is 18.6. The van der Waals surface area contributed by atoms with Gasteiger partial charge >= 0.3 is 0 Å². The molecule has 3 aromatic carbocycles. The fraction of sp³-hybridized carbons (Fsp3) is 0.111. The van der Waals surface area contributed by atoms with E-state index >= 15 is 0 Å². The topological polar surface area (TPSA) is 119 Å². The second-order valence-corrected chi connectivity index (χ2v) is 9.57. The molecule has 0 fully saturated rings. The normalized spacial score (nSPS) is 12.5. The first-order valence-corrected chi connectivity index (χ1v) is 12.3. The Kier molecular flexibility index (Phi) is 5.62. The maximum absolute atomic E-state index is 11.9. The van der Waals surface area contributed by atoms with Crippen molar-refractivity contribution in [2.24, 2.45) is 0 Å². The molecular formula is C27H19NO6S-2.